The van der Waals surface area contributed by atoms with Crippen LogP contribution in [0.2, 0.25) is 5.02 Å². The van der Waals surface area contributed by atoms with E-state index in [1.165, 1.54) is 12.1 Å². The quantitative estimate of drug-likeness (QED) is 0.223. The number of anilines is 1. The van der Waals surface area contributed by atoms with Crippen LogP contribution in [0.25, 0.3) is 11.1 Å². The molecule has 3 N–H and O–H groups in total. The van der Waals surface area contributed by atoms with E-state index in [4.69, 9.17) is 16.3 Å². The molecule has 0 radical (unpaired) electrons. The second kappa shape index (κ2) is 11.1. The number of rotatable bonds is 9. The number of aliphatic carboxylic acids is 1. The Morgan fingerprint density at radius 1 is 0.900 bits per heavy atom. The first kappa shape index (κ1) is 27.4. The standard InChI is InChI=1S/C30H25ClN2O6S/c31-24-13-9-21(10-14-24)22-11-15-26(16-12-22)40(37,38)33-30(28(34)35)18-27(30)23-7-4-8-25(17-23)32-29(36)39-19-20-5-2-1-3-6-20/h1-17,27,33H,18-19H2,(H,32,36)(H,34,35). The third-order valence-corrected chi connectivity index (χ3v) is 8.53. The molecule has 0 saturated heterocycles. The molecule has 1 saturated carbocycles. The van der Waals surface area contributed by atoms with E-state index in [-0.39, 0.29) is 17.9 Å². The fourth-order valence-electron chi connectivity index (χ4n) is 4.54. The Labute approximate surface area is 236 Å². The number of ether oxygens (including phenoxy) is 1. The van der Waals surface area contributed by atoms with Gasteiger partial charge in [-0.15, -0.1) is 0 Å². The Hall–Kier alpha value is -4.18. The summed E-state index contributed by atoms with van der Waals surface area (Å²) in [4.78, 5) is 24.5. The van der Waals surface area contributed by atoms with Crippen molar-refractivity contribution in [2.75, 3.05) is 5.32 Å². The lowest BCUT2D eigenvalue weighted by Gasteiger charge is -2.16. The molecule has 204 valence electrons. The Morgan fingerprint density at radius 2 is 1.55 bits per heavy atom. The fourth-order valence-corrected chi connectivity index (χ4v) is 6.07. The van der Waals surface area contributed by atoms with Crippen molar-refractivity contribution < 1.29 is 27.9 Å². The highest BCUT2D eigenvalue weighted by atomic mass is 35.5. The molecule has 1 amide bonds. The van der Waals surface area contributed by atoms with Gasteiger partial charge in [-0.25, -0.2) is 13.2 Å². The van der Waals surface area contributed by atoms with Gasteiger partial charge in [0, 0.05) is 16.6 Å². The van der Waals surface area contributed by atoms with Crippen molar-refractivity contribution in [3.05, 3.63) is 119 Å². The van der Waals surface area contributed by atoms with Gasteiger partial charge < -0.3 is 9.84 Å². The van der Waals surface area contributed by atoms with Crippen molar-refractivity contribution in [2.45, 2.75) is 29.4 Å². The number of benzene rings is 4. The Bertz CT molecular complexity index is 1640. The molecule has 0 spiro atoms. The van der Waals surface area contributed by atoms with Gasteiger partial charge in [-0.05, 0) is 65.1 Å². The monoisotopic (exact) mass is 576 g/mol. The second-order valence-corrected chi connectivity index (χ2v) is 11.6. The molecule has 0 bridgehead atoms. The van der Waals surface area contributed by atoms with Crippen molar-refractivity contribution in [2.24, 2.45) is 0 Å². The molecule has 2 unspecified atom stereocenters. The van der Waals surface area contributed by atoms with Gasteiger partial charge in [0.05, 0.1) is 4.90 Å². The number of carboxylic acids is 1. The summed E-state index contributed by atoms with van der Waals surface area (Å²) < 4.78 is 34.1. The average molecular weight is 577 g/mol. The molecule has 0 aliphatic heterocycles. The third-order valence-electron chi connectivity index (χ3n) is 6.75. The minimum Gasteiger partial charge on any atom is -0.480 e. The lowest BCUT2D eigenvalue weighted by molar-refractivity contribution is -0.140. The molecule has 10 heteroatoms. The second-order valence-electron chi connectivity index (χ2n) is 9.48. The molecule has 8 nitrogen and oxygen atoms in total. The van der Waals surface area contributed by atoms with Crippen LogP contribution in [0.1, 0.15) is 23.5 Å². The van der Waals surface area contributed by atoms with Gasteiger partial charge in [-0.3, -0.25) is 10.1 Å². The molecule has 2 atom stereocenters. The normalized spacial score (nSPS) is 18.1. The number of hydrogen-bond acceptors (Lipinski definition) is 5. The van der Waals surface area contributed by atoms with E-state index in [1.807, 2.05) is 42.5 Å². The smallest absolute Gasteiger partial charge is 0.411 e. The lowest BCUT2D eigenvalue weighted by atomic mass is 10.1. The summed E-state index contributed by atoms with van der Waals surface area (Å²) in [6.45, 7) is 0.0968. The summed E-state index contributed by atoms with van der Waals surface area (Å²) in [7, 11) is -4.15. The lowest BCUT2D eigenvalue weighted by Crippen LogP contribution is -2.44. The Morgan fingerprint density at radius 3 is 2.20 bits per heavy atom. The zero-order valence-corrected chi connectivity index (χ0v) is 22.7. The van der Waals surface area contributed by atoms with E-state index >= 15 is 0 Å². The molecule has 1 aliphatic rings. The van der Waals surface area contributed by atoms with E-state index in [2.05, 4.69) is 10.0 Å². The van der Waals surface area contributed by atoms with Crippen LogP contribution in [0.3, 0.4) is 0 Å². The molecule has 4 aromatic rings. The van der Waals surface area contributed by atoms with Gasteiger partial charge in [0.15, 0.2) is 0 Å². The topological polar surface area (TPSA) is 122 Å². The van der Waals surface area contributed by atoms with Gasteiger partial charge in [-0.2, -0.15) is 4.72 Å². The zero-order chi connectivity index (χ0) is 28.3. The highest BCUT2D eigenvalue weighted by molar-refractivity contribution is 7.89. The molecule has 1 fully saturated rings. The molecule has 0 heterocycles. The van der Waals surface area contributed by atoms with Crippen LogP contribution in [-0.4, -0.2) is 31.1 Å². The van der Waals surface area contributed by atoms with Crippen LogP contribution in [0.4, 0.5) is 10.5 Å². The third kappa shape index (κ3) is 6.02. The summed E-state index contributed by atoms with van der Waals surface area (Å²) in [6, 6.07) is 29.2. The number of carbonyl (C=O) groups is 2. The van der Waals surface area contributed by atoms with Gasteiger partial charge in [-0.1, -0.05) is 78.3 Å². The molecule has 0 aromatic heterocycles. The van der Waals surface area contributed by atoms with Crippen LogP contribution < -0.4 is 10.0 Å². The summed E-state index contributed by atoms with van der Waals surface area (Å²) >= 11 is 5.94. The van der Waals surface area contributed by atoms with Crippen LogP contribution >= 0.6 is 11.6 Å². The SMILES string of the molecule is O=C(Nc1cccc(C2CC2(NS(=O)(=O)c2ccc(-c3ccc(Cl)cc3)cc2)C(=O)O)c1)OCc1ccccc1. The molecule has 5 rings (SSSR count). The van der Waals surface area contributed by atoms with E-state index in [1.54, 1.807) is 48.5 Å². The van der Waals surface area contributed by atoms with Crippen molar-refractivity contribution in [3.8, 4) is 11.1 Å². The van der Waals surface area contributed by atoms with E-state index in [0.29, 0.717) is 16.3 Å². The Kier molecular flexibility index (Phi) is 7.62. The molecular weight excluding hydrogens is 552 g/mol. The number of nitrogens with one attached hydrogen (secondary N) is 2. The number of sulfonamides is 1. The highest BCUT2D eigenvalue weighted by Gasteiger charge is 2.63. The molecular formula is C30H25ClN2O6S. The first-order chi connectivity index (χ1) is 19.2. The predicted octanol–water partition coefficient (Wildman–Crippen LogP) is 6.04. The maximum absolute atomic E-state index is 13.2. The number of carbonyl (C=O) groups excluding carboxylic acids is 1. The molecule has 4 aromatic carbocycles. The van der Waals surface area contributed by atoms with E-state index < -0.39 is 33.5 Å². The van der Waals surface area contributed by atoms with Crippen molar-refractivity contribution in [1.29, 1.82) is 0 Å². The summed E-state index contributed by atoms with van der Waals surface area (Å²) in [5.41, 5.74) is 1.76. The molecule has 1 aliphatic carbocycles. The minimum atomic E-state index is -4.15. The van der Waals surface area contributed by atoms with Crippen molar-refractivity contribution >= 4 is 39.4 Å². The number of amides is 1. The first-order valence-electron chi connectivity index (χ1n) is 12.4. The largest absolute Gasteiger partial charge is 0.480 e. The predicted molar refractivity (Wildman–Crippen MR) is 152 cm³/mol. The van der Waals surface area contributed by atoms with Crippen LogP contribution in [0.5, 0.6) is 0 Å². The van der Waals surface area contributed by atoms with Gasteiger partial charge >= 0.3 is 12.1 Å². The maximum atomic E-state index is 13.2. The van der Waals surface area contributed by atoms with Crippen LogP contribution in [0, 0.1) is 0 Å². The highest BCUT2D eigenvalue weighted by Crippen LogP contribution is 2.52. The van der Waals surface area contributed by atoms with E-state index in [9.17, 15) is 23.1 Å². The molecule has 40 heavy (non-hydrogen) atoms. The summed E-state index contributed by atoms with van der Waals surface area (Å²) in [6.07, 6.45) is -0.601. The number of carboxylic acid groups (broad SMARTS) is 1. The summed E-state index contributed by atoms with van der Waals surface area (Å²) in [5.74, 6) is -1.91. The van der Waals surface area contributed by atoms with Gasteiger partial charge in [0.25, 0.3) is 0 Å². The van der Waals surface area contributed by atoms with Crippen LogP contribution in [-0.2, 0) is 26.2 Å². The maximum Gasteiger partial charge on any atom is 0.411 e. The van der Waals surface area contributed by atoms with Gasteiger partial charge in [0.2, 0.25) is 10.0 Å². The van der Waals surface area contributed by atoms with Crippen LogP contribution in [0.15, 0.2) is 108 Å². The number of hydrogen-bond donors (Lipinski definition) is 3. The summed E-state index contributed by atoms with van der Waals surface area (Å²) in [5, 5.41) is 13.3. The van der Waals surface area contributed by atoms with Crippen molar-refractivity contribution in [1.82, 2.24) is 4.72 Å². The number of halogens is 1. The van der Waals surface area contributed by atoms with E-state index in [0.717, 1.165) is 16.7 Å². The zero-order valence-electron chi connectivity index (χ0n) is 21.1. The Balaban J connectivity index is 1.27. The van der Waals surface area contributed by atoms with Gasteiger partial charge in [0.1, 0.15) is 12.1 Å². The minimum absolute atomic E-state index is 0.0481. The average Bonchev–Trinajstić information content (AvgIpc) is 3.68. The van der Waals surface area contributed by atoms with Crippen molar-refractivity contribution in [3.63, 3.8) is 0 Å². The first-order valence-corrected chi connectivity index (χ1v) is 14.2. The fraction of sp³-hybridized carbons (Fsp3) is 0.133.